The van der Waals surface area contributed by atoms with E-state index in [2.05, 4.69) is 9.55 Å². The maximum Gasteiger partial charge on any atom is 0.253 e. The molecule has 7 heteroatoms. The van der Waals surface area contributed by atoms with Crippen molar-refractivity contribution >= 4 is 17.1 Å². The fourth-order valence-corrected chi connectivity index (χ4v) is 5.30. The number of fused-ring (bicyclic) bond motifs is 1. The van der Waals surface area contributed by atoms with E-state index in [1.807, 2.05) is 53.6 Å². The highest BCUT2D eigenvalue weighted by molar-refractivity contribution is 5.94. The second-order valence-electron chi connectivity index (χ2n) is 9.30. The number of benzene rings is 2. The van der Waals surface area contributed by atoms with Crippen molar-refractivity contribution in [3.05, 3.63) is 84.1 Å². The molecular weight excluding hydrogens is 443 g/mol. The summed E-state index contributed by atoms with van der Waals surface area (Å²) in [7, 11) is 0. The predicted molar refractivity (Wildman–Crippen MR) is 131 cm³/mol. The fourth-order valence-electron chi connectivity index (χ4n) is 5.30. The van der Waals surface area contributed by atoms with E-state index in [-0.39, 0.29) is 23.9 Å². The number of pyridine rings is 1. The first kappa shape index (κ1) is 21.9. The number of halogens is 1. The monoisotopic (exact) mass is 470 g/mol. The minimum Gasteiger partial charge on any atom is -0.370 e. The zero-order chi connectivity index (χ0) is 23.8. The molecule has 2 aliphatic rings. The number of hydrogen-bond acceptors (Lipinski definition) is 4. The van der Waals surface area contributed by atoms with Crippen LogP contribution in [0.1, 0.15) is 54.0 Å². The molecule has 1 amide bonds. The molecule has 35 heavy (non-hydrogen) atoms. The molecule has 6 rings (SSSR count). The number of nitrogens with zero attached hydrogens (tertiary/aromatic N) is 4. The van der Waals surface area contributed by atoms with Crippen LogP contribution in [0, 0.1) is 5.82 Å². The van der Waals surface area contributed by atoms with Crippen LogP contribution in [0.4, 0.5) is 4.39 Å². The van der Waals surface area contributed by atoms with Gasteiger partial charge in [-0.15, -0.1) is 0 Å². The average Bonchev–Trinajstić information content (AvgIpc) is 3.57. The lowest BCUT2D eigenvalue weighted by Gasteiger charge is -2.34. The normalized spacial score (nSPS) is 18.9. The molecule has 2 aromatic carbocycles. The summed E-state index contributed by atoms with van der Waals surface area (Å²) < 4.78 is 21.8. The van der Waals surface area contributed by atoms with Gasteiger partial charge in [0.1, 0.15) is 23.3 Å². The van der Waals surface area contributed by atoms with E-state index >= 15 is 0 Å². The Balaban J connectivity index is 1.18. The Labute approximate surface area is 203 Å². The molecule has 1 atom stereocenters. The molecule has 1 unspecified atom stereocenters. The third-order valence-corrected chi connectivity index (χ3v) is 7.10. The molecule has 0 bridgehead atoms. The summed E-state index contributed by atoms with van der Waals surface area (Å²) in [6, 6.07) is 18.1. The van der Waals surface area contributed by atoms with Crippen molar-refractivity contribution in [2.24, 2.45) is 0 Å². The second-order valence-corrected chi connectivity index (χ2v) is 9.30. The van der Waals surface area contributed by atoms with Gasteiger partial charge in [-0.1, -0.05) is 24.3 Å². The minimum atomic E-state index is -0.269. The molecule has 2 aliphatic heterocycles. The van der Waals surface area contributed by atoms with Gasteiger partial charge in [0.2, 0.25) is 0 Å². The molecule has 0 spiro atoms. The summed E-state index contributed by atoms with van der Waals surface area (Å²) in [6.07, 6.45) is 5.54. The van der Waals surface area contributed by atoms with E-state index in [0.29, 0.717) is 18.7 Å². The zero-order valence-corrected chi connectivity index (χ0v) is 19.4. The molecule has 2 fully saturated rings. The number of likely N-dealkylation sites (tertiary alicyclic amines) is 1. The van der Waals surface area contributed by atoms with E-state index < -0.39 is 0 Å². The van der Waals surface area contributed by atoms with Crippen molar-refractivity contribution < 1.29 is 13.9 Å². The first-order valence-corrected chi connectivity index (χ1v) is 12.3. The highest BCUT2D eigenvalue weighted by Crippen LogP contribution is 2.35. The first-order chi connectivity index (χ1) is 17.2. The van der Waals surface area contributed by atoms with Crippen molar-refractivity contribution in [3.8, 4) is 11.1 Å². The first-order valence-electron chi connectivity index (χ1n) is 12.3. The smallest absolute Gasteiger partial charge is 0.253 e. The number of carbonyl (C=O) groups is 1. The second kappa shape index (κ2) is 9.23. The van der Waals surface area contributed by atoms with Crippen LogP contribution < -0.4 is 0 Å². The Bertz CT molecular complexity index is 1350. The van der Waals surface area contributed by atoms with Gasteiger partial charge in [-0.25, -0.2) is 14.4 Å². The summed E-state index contributed by atoms with van der Waals surface area (Å²) in [5, 5.41) is 0. The quantitative estimate of drug-likeness (QED) is 0.391. The van der Waals surface area contributed by atoms with Crippen molar-refractivity contribution in [1.82, 2.24) is 19.4 Å². The lowest BCUT2D eigenvalue weighted by atomic mass is 10.0. The van der Waals surface area contributed by atoms with Gasteiger partial charge in [0.15, 0.2) is 5.65 Å². The largest absolute Gasteiger partial charge is 0.370 e. The number of carbonyl (C=O) groups excluding carboxylic acids is 1. The Morgan fingerprint density at radius 2 is 1.80 bits per heavy atom. The highest BCUT2D eigenvalue weighted by Gasteiger charge is 2.31. The lowest BCUT2D eigenvalue weighted by molar-refractivity contribution is 0.0682. The topological polar surface area (TPSA) is 60.2 Å². The van der Waals surface area contributed by atoms with Gasteiger partial charge in [0.25, 0.3) is 5.91 Å². The van der Waals surface area contributed by atoms with E-state index in [1.54, 1.807) is 6.07 Å². The molecule has 2 aromatic heterocycles. The van der Waals surface area contributed by atoms with Crippen LogP contribution in [-0.2, 0) is 4.74 Å². The Morgan fingerprint density at radius 1 is 0.971 bits per heavy atom. The fraction of sp³-hybridized carbons (Fsp3) is 0.321. The third-order valence-electron chi connectivity index (χ3n) is 7.10. The van der Waals surface area contributed by atoms with Gasteiger partial charge in [0, 0.05) is 37.5 Å². The molecular formula is C28H27FN4O2. The van der Waals surface area contributed by atoms with Crippen molar-refractivity contribution in [1.29, 1.82) is 0 Å². The van der Waals surface area contributed by atoms with Crippen LogP contribution in [0.2, 0.25) is 0 Å². The average molecular weight is 471 g/mol. The summed E-state index contributed by atoms with van der Waals surface area (Å²) in [4.78, 5) is 24.6. The molecule has 0 radical (unpaired) electrons. The number of rotatable bonds is 4. The lowest BCUT2D eigenvalue weighted by Crippen LogP contribution is -2.39. The molecule has 0 aliphatic carbocycles. The van der Waals surface area contributed by atoms with Gasteiger partial charge < -0.3 is 14.2 Å². The predicted octanol–water partition coefficient (Wildman–Crippen LogP) is 5.57. The number of ether oxygens (including phenoxy) is 1. The van der Waals surface area contributed by atoms with Crippen LogP contribution in [0.3, 0.4) is 0 Å². The van der Waals surface area contributed by atoms with Crippen molar-refractivity contribution in [2.45, 2.75) is 37.8 Å². The van der Waals surface area contributed by atoms with Gasteiger partial charge in [-0.05, 0) is 73.2 Å². The summed E-state index contributed by atoms with van der Waals surface area (Å²) in [5.41, 5.74) is 4.14. The Hall–Kier alpha value is -3.58. The molecule has 2 saturated heterocycles. The zero-order valence-electron chi connectivity index (χ0n) is 19.4. The molecule has 0 N–H and O–H groups in total. The maximum absolute atomic E-state index is 13.6. The Kier molecular flexibility index (Phi) is 5.78. The van der Waals surface area contributed by atoms with Crippen LogP contribution in [0.15, 0.2) is 66.9 Å². The number of amides is 1. The van der Waals surface area contributed by atoms with Gasteiger partial charge >= 0.3 is 0 Å². The van der Waals surface area contributed by atoms with E-state index in [1.165, 1.54) is 12.1 Å². The van der Waals surface area contributed by atoms with Crippen LogP contribution >= 0.6 is 0 Å². The van der Waals surface area contributed by atoms with E-state index in [9.17, 15) is 9.18 Å². The maximum atomic E-state index is 13.6. The van der Waals surface area contributed by atoms with Crippen molar-refractivity contribution in [2.75, 3.05) is 19.7 Å². The van der Waals surface area contributed by atoms with E-state index in [0.717, 1.165) is 60.4 Å². The summed E-state index contributed by atoms with van der Waals surface area (Å²) >= 11 is 0. The van der Waals surface area contributed by atoms with E-state index in [4.69, 9.17) is 9.72 Å². The van der Waals surface area contributed by atoms with Crippen LogP contribution in [0.5, 0.6) is 0 Å². The highest BCUT2D eigenvalue weighted by atomic mass is 19.1. The molecule has 4 aromatic rings. The van der Waals surface area contributed by atoms with Gasteiger partial charge in [-0.2, -0.15) is 0 Å². The minimum absolute atomic E-state index is 0.0143. The van der Waals surface area contributed by atoms with Gasteiger partial charge in [0.05, 0.1) is 0 Å². The third kappa shape index (κ3) is 4.21. The molecule has 0 saturated carbocycles. The Morgan fingerprint density at radius 3 is 2.54 bits per heavy atom. The standard InChI is InChI=1S/C28H27FN4O2/c29-22-5-1-4-21(18-22)19-8-10-20(11-9-19)28(34)32-15-12-23(13-16-32)33-26-24(6-2-14-30-26)31-27(33)25-7-3-17-35-25/h1-2,4-6,8-11,14,18,23,25H,3,7,12-13,15-17H2. The van der Waals surface area contributed by atoms with Crippen LogP contribution in [0.25, 0.3) is 22.3 Å². The molecule has 4 heterocycles. The molecule has 178 valence electrons. The number of imidazole rings is 1. The summed E-state index contributed by atoms with van der Waals surface area (Å²) in [5.74, 6) is 0.727. The summed E-state index contributed by atoms with van der Waals surface area (Å²) in [6.45, 7) is 2.12. The van der Waals surface area contributed by atoms with Crippen molar-refractivity contribution in [3.63, 3.8) is 0 Å². The number of hydrogen-bond donors (Lipinski definition) is 0. The molecule has 6 nitrogen and oxygen atoms in total. The SMILES string of the molecule is O=C(c1ccc(-c2cccc(F)c2)cc1)N1CCC(n2c(C3CCCO3)nc3cccnc32)CC1. The number of piperidine rings is 1. The van der Waals surface area contributed by atoms with Gasteiger partial charge in [-0.3, -0.25) is 4.79 Å². The van der Waals surface area contributed by atoms with Crippen LogP contribution in [-0.4, -0.2) is 45.0 Å². The number of aromatic nitrogens is 3.